The van der Waals surface area contributed by atoms with Gasteiger partial charge in [0.25, 0.3) is 0 Å². The maximum Gasteiger partial charge on any atom is 0.220 e. The molecule has 99 heavy (non-hydrogen) atoms. The standard InChI is InChI=1S/C85H165NO13/c1-3-5-7-9-11-13-15-17-19-21-23-25-27-29-30-31-32-33-34-35-36-37-38-39-40-41-42-43-44-45-47-49-51-53-55-57-59-61-63-65-67-69-77(90)86-73(72-96-84-82(95)80(93)83(76(71-88)98-84)99-85-81(94)79(92)78(91)75(70-87)97-85)74(89)68-66-64-62-60-58-56-54-52-50-48-46-28-26-24-22-20-18-16-14-12-10-8-6-4-2/h21,23,73-76,78-85,87-89,91-95H,3-20,22,24-72H2,1-2H3,(H,86,90)/b23-21-. The molecule has 14 heteroatoms. The molecule has 2 heterocycles. The van der Waals surface area contributed by atoms with Crippen LogP contribution in [-0.2, 0) is 23.7 Å². The van der Waals surface area contributed by atoms with Crippen LogP contribution >= 0.6 is 0 Å². The maximum absolute atomic E-state index is 13.4. The highest BCUT2D eigenvalue weighted by Gasteiger charge is 2.51. The average Bonchev–Trinajstić information content (AvgIpc) is 0.799. The van der Waals surface area contributed by atoms with Gasteiger partial charge < -0.3 is 65.1 Å². The zero-order valence-electron chi connectivity index (χ0n) is 64.8. The third-order valence-corrected chi connectivity index (χ3v) is 21.7. The SMILES string of the molecule is CCCCCCCCCC/C=C\CCCCCCCCCCCCCCCCCCCCCCCCCCCCCCCC(=O)NC(COC1OC(CO)C(OC2OC(CO)C(O)C(O)C2O)C(O)C1O)C(O)CCCCCCCCCCCCCCCCCCCCCCCCCC. The fraction of sp³-hybridized carbons (Fsp3) is 0.965. The zero-order valence-corrected chi connectivity index (χ0v) is 64.8. The summed E-state index contributed by atoms with van der Waals surface area (Å²) in [5.74, 6) is -0.195. The number of unbranched alkanes of at least 4 members (excludes halogenated alkanes) is 60. The predicted octanol–water partition coefficient (Wildman–Crippen LogP) is 20.4. The summed E-state index contributed by atoms with van der Waals surface area (Å²) in [5, 5.41) is 87.9. The van der Waals surface area contributed by atoms with E-state index in [2.05, 4.69) is 31.3 Å². The van der Waals surface area contributed by atoms with Gasteiger partial charge in [0.2, 0.25) is 5.91 Å². The van der Waals surface area contributed by atoms with Crippen LogP contribution in [-0.4, -0.2) is 140 Å². The monoisotopic (exact) mass is 1410 g/mol. The predicted molar refractivity (Wildman–Crippen MR) is 411 cm³/mol. The molecule has 0 saturated carbocycles. The van der Waals surface area contributed by atoms with Gasteiger partial charge in [-0.05, 0) is 38.5 Å². The molecule has 0 aromatic rings. The Kier molecular flexibility index (Phi) is 66.1. The number of ether oxygens (including phenoxy) is 4. The van der Waals surface area contributed by atoms with E-state index in [1.807, 2.05) is 0 Å². The van der Waals surface area contributed by atoms with E-state index in [9.17, 15) is 45.6 Å². The molecular formula is C85H165NO13. The number of aliphatic hydroxyl groups is 8. The molecule has 2 saturated heterocycles. The lowest BCUT2D eigenvalue weighted by molar-refractivity contribution is -0.359. The summed E-state index contributed by atoms with van der Waals surface area (Å²) in [5.41, 5.74) is 0. The van der Waals surface area contributed by atoms with E-state index < -0.39 is 86.8 Å². The first-order valence-corrected chi connectivity index (χ1v) is 43.4. The second kappa shape index (κ2) is 69.8. The molecule has 0 aromatic heterocycles. The fourth-order valence-corrected chi connectivity index (χ4v) is 14.9. The minimum Gasteiger partial charge on any atom is -0.394 e. The normalized spacial score (nSPS) is 21.9. The van der Waals surface area contributed by atoms with Gasteiger partial charge in [-0.25, -0.2) is 0 Å². The summed E-state index contributed by atoms with van der Waals surface area (Å²) < 4.78 is 23.0. The Hall–Kier alpha value is -1.27. The first kappa shape index (κ1) is 93.8. The lowest BCUT2D eigenvalue weighted by Gasteiger charge is -2.46. The highest BCUT2D eigenvalue weighted by molar-refractivity contribution is 5.76. The summed E-state index contributed by atoms with van der Waals surface area (Å²) in [6.07, 6.45) is 72.9. The number of carbonyl (C=O) groups is 1. The van der Waals surface area contributed by atoms with Crippen molar-refractivity contribution < 1.29 is 64.6 Å². The highest BCUT2D eigenvalue weighted by Crippen LogP contribution is 2.31. The van der Waals surface area contributed by atoms with Gasteiger partial charge in [0.1, 0.15) is 48.8 Å². The third-order valence-electron chi connectivity index (χ3n) is 21.7. The molecule has 0 radical (unpaired) electrons. The molecule has 14 nitrogen and oxygen atoms in total. The van der Waals surface area contributed by atoms with Crippen LogP contribution in [0.15, 0.2) is 12.2 Å². The first-order valence-electron chi connectivity index (χ1n) is 43.4. The van der Waals surface area contributed by atoms with Crippen LogP contribution in [0.5, 0.6) is 0 Å². The molecular weight excluding hydrogens is 1240 g/mol. The number of rotatable bonds is 75. The largest absolute Gasteiger partial charge is 0.394 e. The number of amides is 1. The molecule has 9 N–H and O–H groups in total. The van der Waals surface area contributed by atoms with E-state index in [0.717, 1.165) is 51.4 Å². The minimum atomic E-state index is -1.78. The van der Waals surface area contributed by atoms with Gasteiger partial charge in [-0.3, -0.25) is 4.79 Å². The number of allylic oxidation sites excluding steroid dienone is 2. The van der Waals surface area contributed by atoms with Crippen LogP contribution < -0.4 is 5.32 Å². The van der Waals surface area contributed by atoms with Crippen molar-refractivity contribution in [1.29, 1.82) is 0 Å². The van der Waals surface area contributed by atoms with Crippen LogP contribution in [0.4, 0.5) is 0 Å². The third kappa shape index (κ3) is 52.4. The van der Waals surface area contributed by atoms with Crippen molar-refractivity contribution in [3.05, 3.63) is 12.2 Å². The topological polar surface area (TPSA) is 228 Å². The summed E-state index contributed by atoms with van der Waals surface area (Å²) in [6.45, 7) is 2.94. The molecule has 12 atom stereocenters. The number of hydrogen-bond acceptors (Lipinski definition) is 13. The molecule has 2 rings (SSSR count). The van der Waals surface area contributed by atoms with E-state index >= 15 is 0 Å². The number of aliphatic hydroxyl groups excluding tert-OH is 8. The number of carbonyl (C=O) groups excluding carboxylic acids is 1. The van der Waals surface area contributed by atoms with Crippen molar-refractivity contribution in [3.63, 3.8) is 0 Å². The van der Waals surface area contributed by atoms with E-state index in [4.69, 9.17) is 18.9 Å². The van der Waals surface area contributed by atoms with Crippen LogP contribution in [0.2, 0.25) is 0 Å². The molecule has 2 aliphatic rings. The van der Waals surface area contributed by atoms with Crippen LogP contribution in [0.1, 0.15) is 431 Å². The Morgan fingerprint density at radius 1 is 0.354 bits per heavy atom. The molecule has 2 fully saturated rings. The van der Waals surface area contributed by atoms with E-state index in [1.165, 1.54) is 353 Å². The van der Waals surface area contributed by atoms with Crippen molar-refractivity contribution in [2.24, 2.45) is 0 Å². The Bertz CT molecular complexity index is 1710. The molecule has 0 aromatic carbocycles. The van der Waals surface area contributed by atoms with Gasteiger partial charge in [-0.15, -0.1) is 0 Å². The summed E-state index contributed by atoms with van der Waals surface area (Å²) >= 11 is 0. The highest BCUT2D eigenvalue weighted by atomic mass is 16.7. The van der Waals surface area contributed by atoms with Gasteiger partial charge in [0.05, 0.1) is 32.0 Å². The maximum atomic E-state index is 13.4. The molecule has 588 valence electrons. The van der Waals surface area contributed by atoms with Gasteiger partial charge >= 0.3 is 0 Å². The first-order chi connectivity index (χ1) is 48.6. The van der Waals surface area contributed by atoms with Gasteiger partial charge in [0.15, 0.2) is 12.6 Å². The van der Waals surface area contributed by atoms with Crippen LogP contribution in [0, 0.1) is 0 Å². The lowest BCUT2D eigenvalue weighted by Crippen LogP contribution is -2.65. The summed E-state index contributed by atoms with van der Waals surface area (Å²) in [7, 11) is 0. The molecule has 0 aliphatic carbocycles. The zero-order chi connectivity index (χ0) is 71.5. The van der Waals surface area contributed by atoms with Crippen molar-refractivity contribution in [2.45, 2.75) is 505 Å². The van der Waals surface area contributed by atoms with Crippen molar-refractivity contribution in [2.75, 3.05) is 19.8 Å². The summed E-state index contributed by atoms with van der Waals surface area (Å²) in [4.78, 5) is 13.4. The van der Waals surface area contributed by atoms with E-state index in [1.54, 1.807) is 0 Å². The summed E-state index contributed by atoms with van der Waals surface area (Å²) in [6, 6.07) is -0.827. The van der Waals surface area contributed by atoms with Crippen LogP contribution in [0.25, 0.3) is 0 Å². The molecule has 1 amide bonds. The van der Waals surface area contributed by atoms with Gasteiger partial charge in [0, 0.05) is 6.42 Å². The smallest absolute Gasteiger partial charge is 0.220 e. The molecule has 0 spiro atoms. The minimum absolute atomic E-state index is 0.195. The Labute approximate surface area is 609 Å². The van der Waals surface area contributed by atoms with Gasteiger partial charge in [-0.1, -0.05) is 398 Å². The number of hydrogen-bond donors (Lipinski definition) is 9. The number of nitrogens with one attached hydrogen (secondary N) is 1. The lowest BCUT2D eigenvalue weighted by atomic mass is 9.97. The quantitative estimate of drug-likeness (QED) is 0.0204. The Morgan fingerprint density at radius 3 is 0.960 bits per heavy atom. The van der Waals surface area contributed by atoms with Gasteiger partial charge in [-0.2, -0.15) is 0 Å². The fourth-order valence-electron chi connectivity index (χ4n) is 14.9. The molecule has 12 unspecified atom stereocenters. The molecule has 0 bridgehead atoms. The molecule has 2 aliphatic heterocycles. The second-order valence-electron chi connectivity index (χ2n) is 31.0. The van der Waals surface area contributed by atoms with E-state index in [0.29, 0.717) is 12.8 Å². The van der Waals surface area contributed by atoms with Crippen LogP contribution in [0.3, 0.4) is 0 Å². The van der Waals surface area contributed by atoms with Crippen molar-refractivity contribution in [1.82, 2.24) is 5.32 Å². The Morgan fingerprint density at radius 2 is 0.636 bits per heavy atom. The Balaban J connectivity index is 1.53. The second-order valence-corrected chi connectivity index (χ2v) is 31.0. The van der Waals surface area contributed by atoms with E-state index in [-0.39, 0.29) is 12.5 Å². The average molecular weight is 1410 g/mol. The van der Waals surface area contributed by atoms with Crippen molar-refractivity contribution in [3.8, 4) is 0 Å². The van der Waals surface area contributed by atoms with Crippen molar-refractivity contribution >= 4 is 5.91 Å².